The van der Waals surface area contributed by atoms with Crippen molar-refractivity contribution >= 4 is 11.8 Å². The van der Waals surface area contributed by atoms with Gasteiger partial charge in [-0.05, 0) is 32.4 Å². The molecule has 2 heteroatoms. The normalized spacial score (nSPS) is 20.4. The van der Waals surface area contributed by atoms with Gasteiger partial charge in [-0.25, -0.2) is 0 Å². The molecule has 0 bridgehead atoms. The summed E-state index contributed by atoms with van der Waals surface area (Å²) >= 11 is 2.11. The molecule has 0 amide bonds. The van der Waals surface area contributed by atoms with Crippen LogP contribution in [0.4, 0.5) is 0 Å². The van der Waals surface area contributed by atoms with Crippen LogP contribution >= 0.6 is 11.8 Å². The van der Waals surface area contributed by atoms with Gasteiger partial charge in [0.1, 0.15) is 0 Å². The summed E-state index contributed by atoms with van der Waals surface area (Å²) in [7, 11) is 0. The van der Waals surface area contributed by atoms with Crippen LogP contribution in [0.3, 0.4) is 0 Å². The summed E-state index contributed by atoms with van der Waals surface area (Å²) in [6.07, 6.45) is 17.9. The molecular formula is C17H35NS. The molecular weight excluding hydrogens is 250 g/mol. The van der Waals surface area contributed by atoms with Gasteiger partial charge in [0.15, 0.2) is 0 Å². The fourth-order valence-electron chi connectivity index (χ4n) is 3.17. The summed E-state index contributed by atoms with van der Waals surface area (Å²) in [6, 6.07) is 0.701. The Morgan fingerprint density at radius 1 is 1.05 bits per heavy atom. The molecule has 114 valence electrons. The number of hydrogen-bond donors (Lipinski definition) is 1. The van der Waals surface area contributed by atoms with Crippen molar-refractivity contribution in [2.24, 2.45) is 0 Å². The van der Waals surface area contributed by atoms with E-state index >= 15 is 0 Å². The van der Waals surface area contributed by atoms with Gasteiger partial charge in [0.05, 0.1) is 0 Å². The highest BCUT2D eigenvalue weighted by molar-refractivity contribution is 8.00. The Kier molecular flexibility index (Phi) is 9.23. The fraction of sp³-hybridized carbons (Fsp3) is 1.00. The van der Waals surface area contributed by atoms with Crippen molar-refractivity contribution < 1.29 is 0 Å². The predicted octanol–water partition coefficient (Wildman–Crippen LogP) is 5.39. The van der Waals surface area contributed by atoms with E-state index in [-0.39, 0.29) is 0 Å². The molecule has 19 heavy (non-hydrogen) atoms. The molecule has 1 atom stereocenters. The van der Waals surface area contributed by atoms with E-state index in [2.05, 4.69) is 37.2 Å². The van der Waals surface area contributed by atoms with Crippen LogP contribution in [0.2, 0.25) is 0 Å². The van der Waals surface area contributed by atoms with Gasteiger partial charge in [-0.3, -0.25) is 0 Å². The summed E-state index contributed by atoms with van der Waals surface area (Å²) in [6.45, 7) is 5.89. The second-order valence-electron chi connectivity index (χ2n) is 6.43. The highest BCUT2D eigenvalue weighted by Crippen LogP contribution is 2.38. The average molecular weight is 286 g/mol. The third-order valence-corrected chi connectivity index (χ3v) is 6.13. The number of unbranched alkanes of at least 4 members (excludes halogenated alkanes) is 4. The highest BCUT2D eigenvalue weighted by Gasteiger charge is 2.30. The minimum Gasteiger partial charge on any atom is -0.313 e. The lowest BCUT2D eigenvalue weighted by Crippen LogP contribution is -2.42. The van der Waals surface area contributed by atoms with Gasteiger partial charge in [-0.15, -0.1) is 0 Å². The van der Waals surface area contributed by atoms with Crippen molar-refractivity contribution in [3.05, 3.63) is 0 Å². The molecule has 1 fully saturated rings. The molecule has 0 radical (unpaired) electrons. The van der Waals surface area contributed by atoms with Crippen molar-refractivity contribution in [2.45, 2.75) is 95.3 Å². The van der Waals surface area contributed by atoms with Crippen molar-refractivity contribution in [3.8, 4) is 0 Å². The maximum absolute atomic E-state index is 3.81. The molecule has 0 saturated heterocycles. The van der Waals surface area contributed by atoms with Gasteiger partial charge < -0.3 is 5.32 Å². The van der Waals surface area contributed by atoms with E-state index in [4.69, 9.17) is 0 Å². The zero-order valence-corrected chi connectivity index (χ0v) is 14.3. The lowest BCUT2D eigenvalue weighted by Gasteiger charge is -2.37. The number of rotatable bonds is 10. The summed E-state index contributed by atoms with van der Waals surface area (Å²) in [5.41, 5.74) is 0. The summed E-state index contributed by atoms with van der Waals surface area (Å²) in [5.74, 6) is 0. The molecule has 1 nitrogen and oxygen atoms in total. The van der Waals surface area contributed by atoms with E-state index in [0.717, 1.165) is 0 Å². The Morgan fingerprint density at radius 2 is 1.74 bits per heavy atom. The number of hydrogen-bond acceptors (Lipinski definition) is 2. The Morgan fingerprint density at radius 3 is 2.37 bits per heavy atom. The molecule has 0 aromatic carbocycles. The number of thioether (sulfide) groups is 1. The van der Waals surface area contributed by atoms with E-state index in [1.165, 1.54) is 77.2 Å². The first-order chi connectivity index (χ1) is 9.22. The van der Waals surface area contributed by atoms with Crippen LogP contribution in [-0.4, -0.2) is 23.6 Å². The second kappa shape index (κ2) is 10.1. The molecule has 1 aliphatic rings. The monoisotopic (exact) mass is 285 g/mol. The lowest BCUT2D eigenvalue weighted by molar-refractivity contribution is 0.358. The molecule has 0 aromatic heterocycles. The fourth-order valence-corrected chi connectivity index (χ4v) is 4.09. The van der Waals surface area contributed by atoms with Gasteiger partial charge >= 0.3 is 0 Å². The molecule has 0 heterocycles. The Bertz CT molecular complexity index is 211. The smallest absolute Gasteiger partial charge is 0.0281 e. The minimum absolute atomic E-state index is 0.550. The van der Waals surface area contributed by atoms with Gasteiger partial charge in [-0.1, -0.05) is 58.3 Å². The minimum atomic E-state index is 0.550. The van der Waals surface area contributed by atoms with Crippen LogP contribution in [0.15, 0.2) is 0 Å². The zero-order valence-electron chi connectivity index (χ0n) is 13.5. The van der Waals surface area contributed by atoms with Crippen LogP contribution < -0.4 is 5.32 Å². The largest absolute Gasteiger partial charge is 0.313 e. The Hall–Kier alpha value is 0.310. The van der Waals surface area contributed by atoms with E-state index in [1.54, 1.807) is 0 Å². The third kappa shape index (κ3) is 7.04. The van der Waals surface area contributed by atoms with E-state index < -0.39 is 0 Å². The van der Waals surface area contributed by atoms with Crippen molar-refractivity contribution in [1.82, 2.24) is 5.32 Å². The molecule has 1 N–H and O–H groups in total. The summed E-state index contributed by atoms with van der Waals surface area (Å²) < 4.78 is 0.550. The second-order valence-corrected chi connectivity index (χ2v) is 7.71. The van der Waals surface area contributed by atoms with Gasteiger partial charge in [-0.2, -0.15) is 11.8 Å². The average Bonchev–Trinajstić information content (AvgIpc) is 2.46. The van der Waals surface area contributed by atoms with Crippen LogP contribution in [0.5, 0.6) is 0 Å². The van der Waals surface area contributed by atoms with Crippen LogP contribution in [0.1, 0.15) is 84.5 Å². The standard InChI is InChI=1S/C17H35NS/c1-4-5-6-7-9-12-16(2)18-15-17(19-3)13-10-8-11-14-17/h16,18H,4-15H2,1-3H3. The first kappa shape index (κ1) is 17.4. The SMILES string of the molecule is CCCCCCCC(C)NCC1(SC)CCCCC1. The molecule has 0 aliphatic heterocycles. The lowest BCUT2D eigenvalue weighted by atomic mass is 9.88. The number of nitrogens with one attached hydrogen (secondary N) is 1. The first-order valence-electron chi connectivity index (χ1n) is 8.51. The van der Waals surface area contributed by atoms with E-state index in [1.807, 2.05) is 0 Å². The topological polar surface area (TPSA) is 12.0 Å². The zero-order chi connectivity index (χ0) is 14.0. The molecule has 0 aromatic rings. The molecule has 1 rings (SSSR count). The van der Waals surface area contributed by atoms with Crippen LogP contribution in [0, 0.1) is 0 Å². The Labute approximate surface area is 125 Å². The highest BCUT2D eigenvalue weighted by atomic mass is 32.2. The molecule has 0 spiro atoms. The van der Waals surface area contributed by atoms with Crippen molar-refractivity contribution in [2.75, 3.05) is 12.8 Å². The molecule has 1 saturated carbocycles. The summed E-state index contributed by atoms with van der Waals surface area (Å²) in [5, 5.41) is 3.81. The van der Waals surface area contributed by atoms with Crippen LogP contribution in [-0.2, 0) is 0 Å². The molecule has 1 aliphatic carbocycles. The van der Waals surface area contributed by atoms with Crippen LogP contribution in [0.25, 0.3) is 0 Å². The maximum atomic E-state index is 3.81. The third-order valence-electron chi connectivity index (χ3n) is 4.71. The molecule has 1 unspecified atom stereocenters. The van der Waals surface area contributed by atoms with Crippen molar-refractivity contribution in [3.63, 3.8) is 0 Å². The maximum Gasteiger partial charge on any atom is 0.0281 e. The summed E-state index contributed by atoms with van der Waals surface area (Å²) in [4.78, 5) is 0. The quantitative estimate of drug-likeness (QED) is 0.540. The van der Waals surface area contributed by atoms with E-state index in [0.29, 0.717) is 10.8 Å². The predicted molar refractivity (Wildman–Crippen MR) is 90.2 cm³/mol. The van der Waals surface area contributed by atoms with Gasteiger partial charge in [0.25, 0.3) is 0 Å². The van der Waals surface area contributed by atoms with E-state index in [9.17, 15) is 0 Å². The first-order valence-corrected chi connectivity index (χ1v) is 9.73. The van der Waals surface area contributed by atoms with Gasteiger partial charge in [0, 0.05) is 17.3 Å². The van der Waals surface area contributed by atoms with Crippen molar-refractivity contribution in [1.29, 1.82) is 0 Å². The van der Waals surface area contributed by atoms with Gasteiger partial charge in [0.2, 0.25) is 0 Å². The Balaban J connectivity index is 2.12.